The molecule has 0 radical (unpaired) electrons. The molecule has 0 bridgehead atoms. The average molecular weight is 362 g/mol. The second-order valence-electron chi connectivity index (χ2n) is 7.03. The normalized spacial score (nSPS) is 19.1. The van der Waals surface area contributed by atoms with Gasteiger partial charge in [0.05, 0.1) is 0 Å². The molecule has 2 unspecified atom stereocenters. The summed E-state index contributed by atoms with van der Waals surface area (Å²) in [5.74, 6) is 1.29. The Bertz CT molecular complexity index is 884. The molecule has 138 valence electrons. The first kappa shape index (κ1) is 17.7. The lowest BCUT2D eigenvalue weighted by Gasteiger charge is -2.15. The van der Waals surface area contributed by atoms with Gasteiger partial charge in [0.1, 0.15) is 11.6 Å². The largest absolute Gasteiger partial charge is 0.439 e. The number of hydrogen-bond acceptors (Lipinski definition) is 3. The van der Waals surface area contributed by atoms with E-state index >= 15 is 0 Å². The van der Waals surface area contributed by atoms with Gasteiger partial charge in [0.15, 0.2) is 0 Å². The van der Waals surface area contributed by atoms with Crippen LogP contribution in [-0.4, -0.2) is 11.0 Å². The smallest absolute Gasteiger partial charge is 0.223 e. The molecule has 1 aliphatic rings. The molecular weight excluding hydrogens is 339 g/mol. The second-order valence-corrected chi connectivity index (χ2v) is 7.03. The predicted molar refractivity (Wildman–Crippen MR) is 104 cm³/mol. The molecule has 2 atom stereocenters. The van der Waals surface area contributed by atoms with Crippen LogP contribution < -0.4 is 10.1 Å². The Hall–Kier alpha value is -2.72. The highest BCUT2D eigenvalue weighted by atomic mass is 19.1. The lowest BCUT2D eigenvalue weighted by Crippen LogP contribution is -2.26. The first-order valence-electron chi connectivity index (χ1n) is 9.43. The van der Waals surface area contributed by atoms with Crippen molar-refractivity contribution in [3.63, 3.8) is 0 Å². The van der Waals surface area contributed by atoms with Crippen molar-refractivity contribution in [3.8, 4) is 11.6 Å². The number of rotatable bonds is 6. The summed E-state index contributed by atoms with van der Waals surface area (Å²) in [4.78, 5) is 4.33. The fourth-order valence-electron chi connectivity index (χ4n) is 3.74. The van der Waals surface area contributed by atoms with E-state index in [1.807, 2.05) is 12.1 Å². The topological polar surface area (TPSA) is 34.1 Å². The number of ether oxygens (including phenoxy) is 1. The Morgan fingerprint density at radius 1 is 1.00 bits per heavy atom. The van der Waals surface area contributed by atoms with Crippen molar-refractivity contribution in [2.45, 2.75) is 37.8 Å². The summed E-state index contributed by atoms with van der Waals surface area (Å²) in [6, 6.07) is 21.2. The summed E-state index contributed by atoms with van der Waals surface area (Å²) >= 11 is 0. The lowest BCUT2D eigenvalue weighted by atomic mass is 9.98. The van der Waals surface area contributed by atoms with Gasteiger partial charge in [-0.15, -0.1) is 0 Å². The first-order chi connectivity index (χ1) is 13.3. The maximum absolute atomic E-state index is 13.4. The molecule has 1 heterocycles. The van der Waals surface area contributed by atoms with Crippen LogP contribution in [0.1, 0.15) is 36.3 Å². The molecule has 4 heteroatoms. The Morgan fingerprint density at radius 3 is 2.74 bits per heavy atom. The minimum atomic E-state index is -0.319. The van der Waals surface area contributed by atoms with Crippen LogP contribution in [-0.2, 0) is 6.54 Å². The summed E-state index contributed by atoms with van der Waals surface area (Å²) in [5, 5.41) is 3.64. The number of benzene rings is 2. The lowest BCUT2D eigenvalue weighted by molar-refractivity contribution is 0.442. The van der Waals surface area contributed by atoms with Gasteiger partial charge in [-0.2, -0.15) is 0 Å². The highest BCUT2D eigenvalue weighted by Gasteiger charge is 2.25. The van der Waals surface area contributed by atoms with E-state index in [1.165, 1.54) is 30.5 Å². The SMILES string of the molecule is Fc1cccc(Oc2ncccc2CNC2CCC(c3ccccc3)C2)c1. The van der Waals surface area contributed by atoms with Crippen molar-refractivity contribution in [1.82, 2.24) is 10.3 Å². The molecule has 0 amide bonds. The maximum Gasteiger partial charge on any atom is 0.223 e. The van der Waals surface area contributed by atoms with Crippen molar-refractivity contribution < 1.29 is 9.13 Å². The van der Waals surface area contributed by atoms with Crippen molar-refractivity contribution >= 4 is 0 Å². The molecule has 0 spiro atoms. The molecule has 1 saturated carbocycles. The fraction of sp³-hybridized carbons (Fsp3) is 0.261. The highest BCUT2D eigenvalue weighted by Crippen LogP contribution is 2.34. The number of pyridine rings is 1. The number of nitrogens with zero attached hydrogens (tertiary/aromatic N) is 1. The van der Waals surface area contributed by atoms with Gasteiger partial charge < -0.3 is 10.1 Å². The molecule has 1 aliphatic carbocycles. The van der Waals surface area contributed by atoms with Crippen LogP contribution in [0, 0.1) is 5.82 Å². The molecule has 1 aromatic heterocycles. The van der Waals surface area contributed by atoms with Crippen molar-refractivity contribution in [2.75, 3.05) is 0 Å². The van der Waals surface area contributed by atoms with E-state index in [0.29, 0.717) is 30.1 Å². The number of nitrogens with one attached hydrogen (secondary N) is 1. The minimum absolute atomic E-state index is 0.319. The zero-order valence-electron chi connectivity index (χ0n) is 15.1. The number of hydrogen-bond donors (Lipinski definition) is 1. The minimum Gasteiger partial charge on any atom is -0.439 e. The Balaban J connectivity index is 1.38. The van der Waals surface area contributed by atoms with Crippen molar-refractivity contribution in [1.29, 1.82) is 0 Å². The zero-order chi connectivity index (χ0) is 18.5. The maximum atomic E-state index is 13.4. The average Bonchev–Trinajstić information content (AvgIpc) is 3.17. The predicted octanol–water partition coefficient (Wildman–Crippen LogP) is 5.44. The van der Waals surface area contributed by atoms with Gasteiger partial charge in [-0.05, 0) is 48.9 Å². The van der Waals surface area contributed by atoms with E-state index in [0.717, 1.165) is 12.0 Å². The quantitative estimate of drug-likeness (QED) is 0.634. The third kappa shape index (κ3) is 4.52. The van der Waals surface area contributed by atoms with E-state index in [9.17, 15) is 4.39 Å². The van der Waals surface area contributed by atoms with Gasteiger partial charge in [-0.25, -0.2) is 9.37 Å². The van der Waals surface area contributed by atoms with Crippen LogP contribution in [0.5, 0.6) is 11.6 Å². The van der Waals surface area contributed by atoms with E-state index in [1.54, 1.807) is 18.3 Å². The molecule has 2 aromatic carbocycles. The molecule has 0 saturated heterocycles. The van der Waals surface area contributed by atoms with E-state index in [-0.39, 0.29) is 5.82 Å². The molecule has 3 aromatic rings. The third-order valence-corrected chi connectivity index (χ3v) is 5.15. The number of halogens is 1. The van der Waals surface area contributed by atoms with Crippen LogP contribution in [0.15, 0.2) is 72.9 Å². The summed E-state index contributed by atoms with van der Waals surface area (Å²) in [5.41, 5.74) is 2.41. The molecule has 4 rings (SSSR count). The standard InChI is InChI=1S/C23H23FN2O/c24-20-9-4-10-22(15-20)27-23-19(8-5-13-25-23)16-26-21-12-11-18(14-21)17-6-2-1-3-7-17/h1-10,13,15,18,21,26H,11-12,14,16H2. The second kappa shape index (κ2) is 8.31. The molecule has 3 nitrogen and oxygen atoms in total. The van der Waals surface area contributed by atoms with Gasteiger partial charge in [0.2, 0.25) is 5.88 Å². The molecule has 1 fully saturated rings. The van der Waals surface area contributed by atoms with E-state index in [2.05, 4.69) is 40.6 Å². The Morgan fingerprint density at radius 2 is 1.89 bits per heavy atom. The fourth-order valence-corrected chi connectivity index (χ4v) is 3.74. The van der Waals surface area contributed by atoms with Crippen LogP contribution >= 0.6 is 0 Å². The third-order valence-electron chi connectivity index (χ3n) is 5.15. The molecule has 0 aliphatic heterocycles. The number of aromatic nitrogens is 1. The van der Waals surface area contributed by atoms with Gasteiger partial charge in [0, 0.05) is 30.4 Å². The van der Waals surface area contributed by atoms with Gasteiger partial charge in [0.25, 0.3) is 0 Å². The molecule has 27 heavy (non-hydrogen) atoms. The van der Waals surface area contributed by atoms with Crippen LogP contribution in [0.4, 0.5) is 4.39 Å². The Labute approximate surface area is 159 Å². The monoisotopic (exact) mass is 362 g/mol. The Kier molecular flexibility index (Phi) is 5.45. The summed E-state index contributed by atoms with van der Waals surface area (Å²) in [6.45, 7) is 0.685. The zero-order valence-corrected chi connectivity index (χ0v) is 15.1. The van der Waals surface area contributed by atoms with Crippen LogP contribution in [0.2, 0.25) is 0 Å². The molecular formula is C23H23FN2O. The molecule has 1 N–H and O–H groups in total. The first-order valence-corrected chi connectivity index (χ1v) is 9.43. The van der Waals surface area contributed by atoms with Gasteiger partial charge in [-0.1, -0.05) is 42.5 Å². The summed E-state index contributed by atoms with van der Waals surface area (Å²) in [7, 11) is 0. The highest BCUT2D eigenvalue weighted by molar-refractivity contribution is 5.32. The van der Waals surface area contributed by atoms with Crippen LogP contribution in [0.25, 0.3) is 0 Å². The van der Waals surface area contributed by atoms with E-state index in [4.69, 9.17) is 4.74 Å². The van der Waals surface area contributed by atoms with Crippen LogP contribution in [0.3, 0.4) is 0 Å². The van der Waals surface area contributed by atoms with Crippen molar-refractivity contribution in [3.05, 3.63) is 89.9 Å². The van der Waals surface area contributed by atoms with Gasteiger partial charge >= 0.3 is 0 Å². The van der Waals surface area contributed by atoms with Crippen molar-refractivity contribution in [2.24, 2.45) is 0 Å². The van der Waals surface area contributed by atoms with E-state index < -0.39 is 0 Å². The summed E-state index contributed by atoms with van der Waals surface area (Å²) < 4.78 is 19.2. The summed E-state index contributed by atoms with van der Waals surface area (Å²) in [6.07, 6.45) is 5.21. The van der Waals surface area contributed by atoms with Gasteiger partial charge in [-0.3, -0.25) is 0 Å².